The van der Waals surface area contributed by atoms with Crippen molar-refractivity contribution >= 4 is 11.6 Å². The number of likely N-dealkylation sites (N-methyl/N-ethyl adjacent to an activating group) is 1. The molecule has 0 radical (unpaired) electrons. The van der Waals surface area contributed by atoms with Gasteiger partial charge in [0.05, 0.1) is 5.69 Å². The third kappa shape index (κ3) is 3.58. The van der Waals surface area contributed by atoms with Crippen LogP contribution in [-0.4, -0.2) is 18.6 Å². The molecule has 17 heavy (non-hydrogen) atoms. The van der Waals surface area contributed by atoms with Gasteiger partial charge in [-0.2, -0.15) is 0 Å². The highest BCUT2D eigenvalue weighted by Crippen LogP contribution is 2.13. The summed E-state index contributed by atoms with van der Waals surface area (Å²) in [4.78, 5) is 4.43. The molecule has 0 spiro atoms. The summed E-state index contributed by atoms with van der Waals surface area (Å²) in [5.74, 6) is 0.749. The smallest absolute Gasteiger partial charge is 0.198 e. The van der Waals surface area contributed by atoms with Gasteiger partial charge in [-0.3, -0.25) is 0 Å². The molecule has 4 heteroatoms. The van der Waals surface area contributed by atoms with Crippen molar-refractivity contribution in [1.82, 2.24) is 10.3 Å². The molecule has 0 saturated heterocycles. The number of aromatic nitrogens is 1. The molecule has 3 nitrogen and oxygen atoms in total. The van der Waals surface area contributed by atoms with E-state index in [9.17, 15) is 0 Å². The lowest BCUT2D eigenvalue weighted by atomic mass is 10.1. The minimum atomic E-state index is 0.705. The third-order valence-corrected chi connectivity index (χ3v) is 2.75. The normalized spacial score (nSPS) is 10.7. The van der Waals surface area contributed by atoms with Gasteiger partial charge in [-0.25, -0.2) is 4.98 Å². The molecule has 1 heterocycles. The number of benzene rings is 1. The topological polar surface area (TPSA) is 38.1 Å². The van der Waals surface area contributed by atoms with Crippen LogP contribution in [-0.2, 0) is 12.8 Å². The first-order chi connectivity index (χ1) is 8.28. The predicted molar refractivity (Wildman–Crippen MR) is 68.4 cm³/mol. The molecule has 2 rings (SSSR count). The fourth-order valence-corrected chi connectivity index (χ4v) is 1.70. The molecule has 1 aromatic carbocycles. The summed E-state index contributed by atoms with van der Waals surface area (Å²) in [6.45, 7) is 0.910. The van der Waals surface area contributed by atoms with Crippen molar-refractivity contribution in [3.05, 3.63) is 52.7 Å². The Hall–Kier alpha value is -1.32. The van der Waals surface area contributed by atoms with E-state index >= 15 is 0 Å². The van der Waals surface area contributed by atoms with E-state index in [2.05, 4.69) is 10.3 Å². The highest BCUT2D eigenvalue weighted by molar-refractivity contribution is 6.30. The van der Waals surface area contributed by atoms with E-state index in [0.717, 1.165) is 35.1 Å². The Bertz CT molecular complexity index is 465. The molecule has 0 aliphatic rings. The Morgan fingerprint density at radius 3 is 2.76 bits per heavy atom. The Morgan fingerprint density at radius 2 is 2.06 bits per heavy atom. The van der Waals surface area contributed by atoms with Crippen LogP contribution < -0.4 is 5.32 Å². The summed E-state index contributed by atoms with van der Waals surface area (Å²) >= 11 is 5.83. The van der Waals surface area contributed by atoms with Crippen molar-refractivity contribution in [3.63, 3.8) is 0 Å². The lowest BCUT2D eigenvalue weighted by molar-refractivity contribution is 0.506. The molecule has 0 saturated carbocycles. The Labute approximate surface area is 106 Å². The molecule has 0 bridgehead atoms. The first kappa shape index (κ1) is 12.1. The average Bonchev–Trinajstić information content (AvgIpc) is 2.77. The van der Waals surface area contributed by atoms with Crippen LogP contribution in [0.15, 0.2) is 34.9 Å². The van der Waals surface area contributed by atoms with Crippen LogP contribution in [0, 0.1) is 0 Å². The van der Waals surface area contributed by atoms with E-state index in [0.29, 0.717) is 6.42 Å². The van der Waals surface area contributed by atoms with Gasteiger partial charge in [0.15, 0.2) is 5.89 Å². The van der Waals surface area contributed by atoms with Crippen molar-refractivity contribution in [2.24, 2.45) is 0 Å². The van der Waals surface area contributed by atoms with Gasteiger partial charge < -0.3 is 9.73 Å². The van der Waals surface area contributed by atoms with Gasteiger partial charge in [0.1, 0.15) is 6.26 Å². The van der Waals surface area contributed by atoms with E-state index in [1.807, 2.05) is 31.3 Å². The standard InChI is InChI=1S/C13H15ClN2O/c1-15-7-6-12-9-17-13(16-12)8-10-2-4-11(14)5-3-10/h2-5,9,15H,6-8H2,1H3. The zero-order valence-corrected chi connectivity index (χ0v) is 10.5. The highest BCUT2D eigenvalue weighted by Gasteiger charge is 2.04. The number of hydrogen-bond acceptors (Lipinski definition) is 3. The maximum absolute atomic E-state index is 5.83. The second-order valence-corrected chi connectivity index (χ2v) is 4.33. The van der Waals surface area contributed by atoms with Gasteiger partial charge in [0.2, 0.25) is 0 Å². The van der Waals surface area contributed by atoms with Crippen LogP contribution in [0.1, 0.15) is 17.1 Å². The summed E-state index contributed by atoms with van der Waals surface area (Å²) in [6, 6.07) is 7.73. The maximum Gasteiger partial charge on any atom is 0.198 e. The minimum Gasteiger partial charge on any atom is -0.448 e. The van der Waals surface area contributed by atoms with Crippen LogP contribution in [0.4, 0.5) is 0 Å². The summed E-state index contributed by atoms with van der Waals surface area (Å²) in [6.07, 6.45) is 3.32. The summed E-state index contributed by atoms with van der Waals surface area (Å²) < 4.78 is 5.42. The highest BCUT2D eigenvalue weighted by atomic mass is 35.5. The second-order valence-electron chi connectivity index (χ2n) is 3.89. The number of nitrogens with zero attached hydrogens (tertiary/aromatic N) is 1. The van der Waals surface area contributed by atoms with Crippen molar-refractivity contribution in [2.75, 3.05) is 13.6 Å². The van der Waals surface area contributed by atoms with Crippen LogP contribution in [0.25, 0.3) is 0 Å². The van der Waals surface area contributed by atoms with Gasteiger partial charge in [0, 0.05) is 24.4 Å². The van der Waals surface area contributed by atoms with Crippen molar-refractivity contribution in [2.45, 2.75) is 12.8 Å². The largest absolute Gasteiger partial charge is 0.448 e. The molecule has 0 fully saturated rings. The molecular formula is C13H15ClN2O. The fraction of sp³-hybridized carbons (Fsp3) is 0.308. The molecule has 0 amide bonds. The molecule has 1 aromatic heterocycles. The van der Waals surface area contributed by atoms with Crippen molar-refractivity contribution < 1.29 is 4.42 Å². The zero-order valence-electron chi connectivity index (χ0n) is 9.74. The summed E-state index contributed by atoms with van der Waals surface area (Å²) in [5.41, 5.74) is 2.14. The number of rotatable bonds is 5. The molecule has 2 aromatic rings. The number of oxazole rings is 1. The molecule has 90 valence electrons. The third-order valence-electron chi connectivity index (χ3n) is 2.50. The SMILES string of the molecule is CNCCc1coc(Cc2ccc(Cl)cc2)n1. The maximum atomic E-state index is 5.83. The van der Waals surface area contributed by atoms with E-state index in [1.54, 1.807) is 6.26 Å². The van der Waals surface area contributed by atoms with Gasteiger partial charge in [-0.15, -0.1) is 0 Å². The quantitative estimate of drug-likeness (QED) is 0.887. The van der Waals surface area contributed by atoms with Gasteiger partial charge in [-0.1, -0.05) is 23.7 Å². The molecule has 0 atom stereocenters. The lowest BCUT2D eigenvalue weighted by Gasteiger charge is -1.97. The van der Waals surface area contributed by atoms with E-state index < -0.39 is 0 Å². The number of hydrogen-bond donors (Lipinski definition) is 1. The monoisotopic (exact) mass is 250 g/mol. The van der Waals surface area contributed by atoms with Gasteiger partial charge in [0.25, 0.3) is 0 Å². The fourth-order valence-electron chi connectivity index (χ4n) is 1.57. The first-order valence-electron chi connectivity index (χ1n) is 5.60. The van der Waals surface area contributed by atoms with E-state index in [4.69, 9.17) is 16.0 Å². The number of halogens is 1. The van der Waals surface area contributed by atoms with Crippen molar-refractivity contribution in [1.29, 1.82) is 0 Å². The molecule has 1 N–H and O–H groups in total. The van der Waals surface area contributed by atoms with Gasteiger partial charge >= 0.3 is 0 Å². The average molecular weight is 251 g/mol. The molecule has 0 aliphatic heterocycles. The van der Waals surface area contributed by atoms with Crippen LogP contribution >= 0.6 is 11.6 Å². The zero-order chi connectivity index (χ0) is 12.1. The lowest BCUT2D eigenvalue weighted by Crippen LogP contribution is -2.10. The molecular weight excluding hydrogens is 236 g/mol. The predicted octanol–water partition coefficient (Wildman–Crippen LogP) is 2.68. The Balaban J connectivity index is 1.98. The van der Waals surface area contributed by atoms with E-state index in [1.165, 1.54) is 0 Å². The van der Waals surface area contributed by atoms with E-state index in [-0.39, 0.29) is 0 Å². The Kier molecular flexibility index (Phi) is 4.18. The van der Waals surface area contributed by atoms with Gasteiger partial charge in [-0.05, 0) is 24.7 Å². The second kappa shape index (κ2) is 5.84. The molecule has 0 unspecified atom stereocenters. The molecule has 0 aliphatic carbocycles. The van der Waals surface area contributed by atoms with Crippen LogP contribution in [0.3, 0.4) is 0 Å². The summed E-state index contributed by atoms with van der Waals surface area (Å²) in [7, 11) is 1.93. The summed E-state index contributed by atoms with van der Waals surface area (Å²) in [5, 5.41) is 3.83. The van der Waals surface area contributed by atoms with Crippen LogP contribution in [0.5, 0.6) is 0 Å². The first-order valence-corrected chi connectivity index (χ1v) is 5.98. The minimum absolute atomic E-state index is 0.705. The van der Waals surface area contributed by atoms with Crippen LogP contribution in [0.2, 0.25) is 5.02 Å². The Morgan fingerprint density at radius 1 is 1.29 bits per heavy atom. The van der Waals surface area contributed by atoms with Crippen molar-refractivity contribution in [3.8, 4) is 0 Å². The number of nitrogens with one attached hydrogen (secondary N) is 1.